The summed E-state index contributed by atoms with van der Waals surface area (Å²) in [7, 11) is 2.99. The van der Waals surface area contributed by atoms with E-state index in [-0.39, 0.29) is 29.3 Å². The topological polar surface area (TPSA) is 85.2 Å². The maximum atomic E-state index is 12.2. The van der Waals surface area contributed by atoms with Crippen LogP contribution in [0.25, 0.3) is 0 Å². The fourth-order valence-corrected chi connectivity index (χ4v) is 3.31. The van der Waals surface area contributed by atoms with Crippen LogP contribution in [0.5, 0.6) is 23.0 Å². The van der Waals surface area contributed by atoms with Gasteiger partial charge in [0.1, 0.15) is 0 Å². The van der Waals surface area contributed by atoms with Crippen molar-refractivity contribution in [1.82, 2.24) is 0 Å². The third kappa shape index (κ3) is 3.69. The summed E-state index contributed by atoms with van der Waals surface area (Å²) in [5.74, 6) is 0.482. The van der Waals surface area contributed by atoms with Gasteiger partial charge in [-0.15, -0.1) is 0 Å². The summed E-state index contributed by atoms with van der Waals surface area (Å²) in [4.78, 5) is 12.2. The molecular weight excluding hydrogens is 336 g/mol. The number of benzene rings is 2. The van der Waals surface area contributed by atoms with Crippen molar-refractivity contribution in [3.63, 3.8) is 0 Å². The molecule has 6 nitrogen and oxygen atoms in total. The van der Waals surface area contributed by atoms with Gasteiger partial charge in [0.25, 0.3) is 0 Å². The van der Waals surface area contributed by atoms with Crippen molar-refractivity contribution in [1.29, 1.82) is 0 Å². The van der Waals surface area contributed by atoms with Gasteiger partial charge in [0.2, 0.25) is 0 Å². The minimum absolute atomic E-state index is 0.0246. The molecule has 1 fully saturated rings. The average Bonchev–Trinajstić information content (AvgIpc) is 2.98. The van der Waals surface area contributed by atoms with Crippen LogP contribution in [0.4, 0.5) is 0 Å². The third-order valence-electron chi connectivity index (χ3n) is 4.75. The molecule has 0 amide bonds. The van der Waals surface area contributed by atoms with Crippen molar-refractivity contribution >= 4 is 5.97 Å². The highest BCUT2D eigenvalue weighted by molar-refractivity contribution is 5.75. The van der Waals surface area contributed by atoms with Gasteiger partial charge in [-0.25, -0.2) is 0 Å². The highest BCUT2D eigenvalue weighted by atomic mass is 16.5. The molecule has 1 heterocycles. The van der Waals surface area contributed by atoms with Crippen LogP contribution in [0.15, 0.2) is 36.4 Å². The molecule has 0 bridgehead atoms. The lowest BCUT2D eigenvalue weighted by Gasteiger charge is -2.16. The van der Waals surface area contributed by atoms with Crippen LogP contribution < -0.4 is 9.47 Å². The average molecular weight is 358 g/mol. The second-order valence-corrected chi connectivity index (χ2v) is 6.42. The van der Waals surface area contributed by atoms with Crippen molar-refractivity contribution in [3.05, 3.63) is 47.5 Å². The summed E-state index contributed by atoms with van der Waals surface area (Å²) in [6.07, 6.45) is 1.15. The van der Waals surface area contributed by atoms with Gasteiger partial charge in [-0.2, -0.15) is 0 Å². The van der Waals surface area contributed by atoms with Crippen LogP contribution in [0.1, 0.15) is 11.1 Å². The lowest BCUT2D eigenvalue weighted by molar-refractivity contribution is -0.141. The lowest BCUT2D eigenvalue weighted by atomic mass is 9.85. The summed E-state index contributed by atoms with van der Waals surface area (Å²) in [5.41, 5.74) is 1.87. The smallest absolute Gasteiger partial charge is 0.309 e. The molecule has 1 aliphatic rings. The predicted molar refractivity (Wildman–Crippen MR) is 94.7 cm³/mol. The van der Waals surface area contributed by atoms with E-state index in [4.69, 9.17) is 14.2 Å². The van der Waals surface area contributed by atoms with E-state index in [9.17, 15) is 15.0 Å². The van der Waals surface area contributed by atoms with Gasteiger partial charge >= 0.3 is 5.97 Å². The molecule has 1 aliphatic heterocycles. The van der Waals surface area contributed by atoms with Crippen molar-refractivity contribution in [3.8, 4) is 23.0 Å². The highest BCUT2D eigenvalue weighted by Gasteiger charge is 2.37. The Morgan fingerprint density at radius 3 is 2.04 bits per heavy atom. The Morgan fingerprint density at radius 2 is 1.50 bits per heavy atom. The van der Waals surface area contributed by atoms with Crippen molar-refractivity contribution in [2.75, 3.05) is 20.8 Å². The molecule has 1 saturated heterocycles. The van der Waals surface area contributed by atoms with E-state index in [1.165, 1.54) is 14.2 Å². The maximum absolute atomic E-state index is 12.2. The monoisotopic (exact) mass is 358 g/mol. The molecule has 2 aromatic rings. The Balaban J connectivity index is 1.76. The molecule has 0 aromatic heterocycles. The Bertz CT molecular complexity index is 801. The number of esters is 1. The van der Waals surface area contributed by atoms with E-state index < -0.39 is 0 Å². The first kappa shape index (κ1) is 17.9. The minimum atomic E-state index is -0.274. The normalized spacial score (nSPS) is 19.2. The predicted octanol–water partition coefficient (Wildman–Crippen LogP) is 2.69. The number of carbonyl (C=O) groups is 1. The van der Waals surface area contributed by atoms with Gasteiger partial charge < -0.3 is 24.4 Å². The zero-order valence-electron chi connectivity index (χ0n) is 14.8. The van der Waals surface area contributed by atoms with Gasteiger partial charge in [0.05, 0.1) is 26.7 Å². The van der Waals surface area contributed by atoms with Gasteiger partial charge in [-0.05, 0) is 48.2 Å². The number of hydrogen-bond acceptors (Lipinski definition) is 6. The summed E-state index contributed by atoms with van der Waals surface area (Å²) in [6.45, 7) is 0.363. The Labute approximate surface area is 151 Å². The minimum Gasteiger partial charge on any atom is -0.504 e. The van der Waals surface area contributed by atoms with Crippen LogP contribution in [-0.4, -0.2) is 37.0 Å². The zero-order valence-corrected chi connectivity index (χ0v) is 14.8. The molecular formula is C20H22O6. The van der Waals surface area contributed by atoms with Crippen LogP contribution in [0, 0.1) is 11.8 Å². The Kier molecular flexibility index (Phi) is 5.21. The second-order valence-electron chi connectivity index (χ2n) is 6.42. The second kappa shape index (κ2) is 7.56. The standard InChI is InChI=1S/C20H22O6/c1-24-18-9-12(3-5-16(18)21)7-14-11-26-20(23)15(14)8-13-4-6-17(22)19(10-13)25-2/h3-6,9-10,14-15,21-22H,7-8,11H2,1-2H3/t14-,15+/m1/s1. The first-order valence-corrected chi connectivity index (χ1v) is 8.40. The molecule has 26 heavy (non-hydrogen) atoms. The first-order chi connectivity index (χ1) is 12.5. The molecule has 0 unspecified atom stereocenters. The van der Waals surface area contributed by atoms with Crippen molar-refractivity contribution in [2.45, 2.75) is 12.8 Å². The van der Waals surface area contributed by atoms with Crippen LogP contribution >= 0.6 is 0 Å². The number of phenolic OH excluding ortho intramolecular Hbond substituents is 2. The number of phenols is 2. The van der Waals surface area contributed by atoms with Crippen LogP contribution in [-0.2, 0) is 22.4 Å². The SMILES string of the molecule is COc1cc(C[C@@H]2COC(=O)[C@H]2Cc2ccc(O)c(OC)c2)ccc1O. The maximum Gasteiger partial charge on any atom is 0.309 e. The van der Waals surface area contributed by atoms with E-state index in [1.54, 1.807) is 30.3 Å². The van der Waals surface area contributed by atoms with E-state index in [0.717, 1.165) is 11.1 Å². The van der Waals surface area contributed by atoms with Crippen molar-refractivity contribution in [2.24, 2.45) is 11.8 Å². The number of aromatic hydroxyl groups is 2. The molecule has 0 aliphatic carbocycles. The fourth-order valence-electron chi connectivity index (χ4n) is 3.31. The zero-order chi connectivity index (χ0) is 18.7. The Morgan fingerprint density at radius 1 is 0.962 bits per heavy atom. The Hall–Kier alpha value is -2.89. The van der Waals surface area contributed by atoms with E-state index in [2.05, 4.69) is 0 Å². The van der Waals surface area contributed by atoms with Crippen LogP contribution in [0.2, 0.25) is 0 Å². The number of methoxy groups -OCH3 is 2. The number of hydrogen-bond donors (Lipinski definition) is 2. The summed E-state index contributed by atoms with van der Waals surface area (Å²) >= 11 is 0. The summed E-state index contributed by atoms with van der Waals surface area (Å²) in [6, 6.07) is 10.3. The van der Waals surface area contributed by atoms with Crippen LogP contribution in [0.3, 0.4) is 0 Å². The van der Waals surface area contributed by atoms with E-state index >= 15 is 0 Å². The van der Waals surface area contributed by atoms with Gasteiger partial charge in [0.15, 0.2) is 23.0 Å². The number of cyclic esters (lactones) is 1. The molecule has 0 radical (unpaired) electrons. The molecule has 6 heteroatoms. The third-order valence-corrected chi connectivity index (χ3v) is 4.75. The largest absolute Gasteiger partial charge is 0.504 e. The fraction of sp³-hybridized carbons (Fsp3) is 0.350. The van der Waals surface area contributed by atoms with Gasteiger partial charge in [-0.3, -0.25) is 4.79 Å². The molecule has 2 N–H and O–H groups in total. The first-order valence-electron chi connectivity index (χ1n) is 8.40. The van der Waals surface area contributed by atoms with E-state index in [1.807, 2.05) is 6.07 Å². The number of carbonyl (C=O) groups excluding carboxylic acids is 1. The number of rotatable bonds is 6. The van der Waals surface area contributed by atoms with E-state index in [0.29, 0.717) is 30.9 Å². The highest BCUT2D eigenvalue weighted by Crippen LogP contribution is 2.34. The summed E-state index contributed by atoms with van der Waals surface area (Å²) < 4.78 is 15.6. The molecule has 2 atom stereocenters. The van der Waals surface area contributed by atoms with Gasteiger partial charge in [-0.1, -0.05) is 12.1 Å². The quantitative estimate of drug-likeness (QED) is 0.773. The molecule has 3 rings (SSSR count). The summed E-state index contributed by atoms with van der Waals surface area (Å²) in [5, 5.41) is 19.4. The molecule has 0 spiro atoms. The van der Waals surface area contributed by atoms with Gasteiger partial charge in [0, 0.05) is 5.92 Å². The number of ether oxygens (including phenoxy) is 3. The van der Waals surface area contributed by atoms with Crippen molar-refractivity contribution < 1.29 is 29.2 Å². The molecule has 0 saturated carbocycles. The molecule has 138 valence electrons. The lowest BCUT2D eigenvalue weighted by Crippen LogP contribution is -2.20. The molecule has 2 aromatic carbocycles.